The van der Waals surface area contributed by atoms with Crippen molar-refractivity contribution >= 4 is 11.6 Å². The molecule has 0 amide bonds. The number of hydrogen-bond donors (Lipinski definition) is 0. The highest BCUT2D eigenvalue weighted by Crippen LogP contribution is 2.25. The van der Waals surface area contributed by atoms with Crippen LogP contribution < -0.4 is 0 Å². The second kappa shape index (κ2) is 4.52. The number of nitrogens with zero attached hydrogens (tertiary/aromatic N) is 3. The van der Waals surface area contributed by atoms with Gasteiger partial charge < -0.3 is 0 Å². The molecule has 0 N–H and O–H groups in total. The average Bonchev–Trinajstić information content (AvgIpc) is 2.34. The largest absolute Gasteiger partial charge is 0.248 e. The molecule has 1 aromatic carbocycles. The van der Waals surface area contributed by atoms with Crippen molar-refractivity contribution in [1.29, 1.82) is 5.26 Å². The minimum absolute atomic E-state index is 0.364. The van der Waals surface area contributed by atoms with Gasteiger partial charge in [0.1, 0.15) is 5.69 Å². The van der Waals surface area contributed by atoms with E-state index in [0.717, 1.165) is 17.0 Å². The van der Waals surface area contributed by atoms with Crippen LogP contribution in [0.4, 0.5) is 0 Å². The predicted octanol–water partition coefficient (Wildman–Crippen LogP) is 3.29. The van der Waals surface area contributed by atoms with Crippen LogP contribution in [0.3, 0.4) is 0 Å². The second-order valence-electron chi connectivity index (χ2n) is 3.73. The lowest BCUT2D eigenvalue weighted by Crippen LogP contribution is -1.96. The summed E-state index contributed by atoms with van der Waals surface area (Å²) in [6, 6.07) is 9.26. The zero-order chi connectivity index (χ0) is 12.4. The lowest BCUT2D eigenvalue weighted by atomic mass is 10.1. The summed E-state index contributed by atoms with van der Waals surface area (Å²) in [5.41, 5.74) is 3.66. The molecule has 0 radical (unpaired) electrons. The highest BCUT2D eigenvalue weighted by Gasteiger charge is 2.09. The molecule has 2 rings (SSSR count). The molecule has 4 heteroatoms. The van der Waals surface area contributed by atoms with Crippen LogP contribution in [0.1, 0.15) is 17.0 Å². The van der Waals surface area contributed by atoms with Crippen molar-refractivity contribution in [2.24, 2.45) is 0 Å². The molecule has 3 nitrogen and oxygen atoms in total. The summed E-state index contributed by atoms with van der Waals surface area (Å²) >= 11 is 6.08. The summed E-state index contributed by atoms with van der Waals surface area (Å²) in [4.78, 5) is 8.64. The Labute approximate surface area is 105 Å². The van der Waals surface area contributed by atoms with Crippen LogP contribution in [-0.4, -0.2) is 9.97 Å². The molecule has 0 bridgehead atoms. The van der Waals surface area contributed by atoms with Gasteiger partial charge in [0.2, 0.25) is 0 Å². The Bertz CT molecular complexity index is 615. The minimum Gasteiger partial charge on any atom is -0.248 e. The van der Waals surface area contributed by atoms with Crippen LogP contribution in [-0.2, 0) is 0 Å². The van der Waals surface area contributed by atoms with Gasteiger partial charge in [-0.3, -0.25) is 0 Å². The number of nitriles is 1. The Kier molecular flexibility index (Phi) is 3.08. The molecule has 0 saturated carbocycles. The van der Waals surface area contributed by atoms with E-state index in [4.69, 9.17) is 16.9 Å². The van der Waals surface area contributed by atoms with E-state index in [1.165, 1.54) is 0 Å². The third-order valence-electron chi connectivity index (χ3n) is 2.53. The predicted molar refractivity (Wildman–Crippen MR) is 66.7 cm³/mol. The smallest absolute Gasteiger partial charge is 0.155 e. The van der Waals surface area contributed by atoms with Gasteiger partial charge >= 0.3 is 0 Å². The lowest BCUT2D eigenvalue weighted by molar-refractivity contribution is 1.05. The third kappa shape index (κ3) is 2.27. The molecule has 0 aliphatic carbocycles. The fraction of sp³-hybridized carbons (Fsp3) is 0.154. The zero-order valence-electron chi connectivity index (χ0n) is 9.53. The van der Waals surface area contributed by atoms with Crippen molar-refractivity contribution in [3.8, 4) is 17.3 Å². The highest BCUT2D eigenvalue weighted by atomic mass is 35.5. The molecular weight excluding hydrogens is 234 g/mol. The Balaban J connectivity index is 2.61. The average molecular weight is 244 g/mol. The Morgan fingerprint density at radius 3 is 2.59 bits per heavy atom. The van der Waals surface area contributed by atoms with Gasteiger partial charge in [0.15, 0.2) is 5.15 Å². The van der Waals surface area contributed by atoms with E-state index in [9.17, 15) is 0 Å². The number of hydrogen-bond acceptors (Lipinski definition) is 3. The molecule has 0 saturated heterocycles. The maximum Gasteiger partial charge on any atom is 0.155 e. The second-order valence-corrected chi connectivity index (χ2v) is 4.08. The monoisotopic (exact) mass is 243 g/mol. The van der Waals surface area contributed by atoms with E-state index in [0.29, 0.717) is 16.4 Å². The van der Waals surface area contributed by atoms with E-state index in [1.54, 1.807) is 18.2 Å². The van der Waals surface area contributed by atoms with Crippen molar-refractivity contribution in [2.75, 3.05) is 0 Å². The summed E-state index contributed by atoms with van der Waals surface area (Å²) in [6.45, 7) is 3.75. The Morgan fingerprint density at radius 2 is 1.88 bits per heavy atom. The van der Waals surface area contributed by atoms with Crippen molar-refractivity contribution < 1.29 is 0 Å². The molecule has 1 aromatic heterocycles. The summed E-state index contributed by atoms with van der Waals surface area (Å²) in [7, 11) is 0. The van der Waals surface area contributed by atoms with E-state index >= 15 is 0 Å². The van der Waals surface area contributed by atoms with Gasteiger partial charge in [-0.1, -0.05) is 23.7 Å². The summed E-state index contributed by atoms with van der Waals surface area (Å²) < 4.78 is 0. The maximum absolute atomic E-state index is 8.86. The van der Waals surface area contributed by atoms with Crippen molar-refractivity contribution in [2.45, 2.75) is 13.8 Å². The molecular formula is C13H10ClN3. The van der Waals surface area contributed by atoms with Crippen LogP contribution >= 0.6 is 11.6 Å². The fourth-order valence-corrected chi connectivity index (χ4v) is 1.77. The first-order valence-electron chi connectivity index (χ1n) is 5.13. The van der Waals surface area contributed by atoms with E-state index in [1.807, 2.05) is 19.9 Å². The fourth-order valence-electron chi connectivity index (χ4n) is 1.50. The molecule has 84 valence electrons. The van der Waals surface area contributed by atoms with Crippen molar-refractivity contribution in [3.63, 3.8) is 0 Å². The first kappa shape index (κ1) is 11.6. The van der Waals surface area contributed by atoms with E-state index in [-0.39, 0.29) is 0 Å². The lowest BCUT2D eigenvalue weighted by Gasteiger charge is -2.06. The van der Waals surface area contributed by atoms with Gasteiger partial charge in [-0.05, 0) is 26.0 Å². The van der Waals surface area contributed by atoms with Gasteiger partial charge in [0.05, 0.1) is 23.0 Å². The van der Waals surface area contributed by atoms with E-state index < -0.39 is 0 Å². The Hall–Kier alpha value is -1.92. The summed E-state index contributed by atoms with van der Waals surface area (Å²) in [5, 5.41) is 9.22. The van der Waals surface area contributed by atoms with Crippen molar-refractivity contribution in [1.82, 2.24) is 9.97 Å². The number of benzene rings is 1. The third-order valence-corrected chi connectivity index (χ3v) is 2.79. The standard InChI is InChI=1S/C13H10ClN3/c1-8-9(2)17-13(14)12(16-8)11-5-3-4-10(6-11)7-15/h3-6H,1-2H3. The van der Waals surface area contributed by atoms with Gasteiger partial charge in [0, 0.05) is 5.56 Å². The van der Waals surface area contributed by atoms with E-state index in [2.05, 4.69) is 16.0 Å². The van der Waals surface area contributed by atoms with Gasteiger partial charge in [-0.25, -0.2) is 9.97 Å². The first-order chi connectivity index (χ1) is 8.11. The molecule has 0 fully saturated rings. The van der Waals surface area contributed by atoms with Crippen LogP contribution in [0.2, 0.25) is 5.15 Å². The molecule has 0 aliphatic heterocycles. The zero-order valence-corrected chi connectivity index (χ0v) is 10.3. The van der Waals surface area contributed by atoms with Crippen LogP contribution in [0.15, 0.2) is 24.3 Å². The quantitative estimate of drug-likeness (QED) is 0.772. The van der Waals surface area contributed by atoms with Gasteiger partial charge in [-0.2, -0.15) is 5.26 Å². The minimum atomic E-state index is 0.364. The topological polar surface area (TPSA) is 49.6 Å². The SMILES string of the molecule is Cc1nc(Cl)c(-c2cccc(C#N)c2)nc1C. The van der Waals surface area contributed by atoms with Crippen molar-refractivity contribution in [3.05, 3.63) is 46.4 Å². The number of rotatable bonds is 1. The number of aryl methyl sites for hydroxylation is 2. The highest BCUT2D eigenvalue weighted by molar-refractivity contribution is 6.31. The molecule has 1 heterocycles. The molecule has 0 atom stereocenters. The van der Waals surface area contributed by atoms with Gasteiger partial charge in [-0.15, -0.1) is 0 Å². The van der Waals surface area contributed by atoms with Gasteiger partial charge in [0.25, 0.3) is 0 Å². The van der Waals surface area contributed by atoms with Crippen LogP contribution in [0.25, 0.3) is 11.3 Å². The summed E-state index contributed by atoms with van der Waals surface area (Å²) in [5.74, 6) is 0. The summed E-state index contributed by atoms with van der Waals surface area (Å²) in [6.07, 6.45) is 0. The number of halogens is 1. The number of aromatic nitrogens is 2. The molecule has 0 spiro atoms. The molecule has 2 aromatic rings. The van der Waals surface area contributed by atoms with Crippen LogP contribution in [0, 0.1) is 25.2 Å². The first-order valence-corrected chi connectivity index (χ1v) is 5.51. The molecule has 17 heavy (non-hydrogen) atoms. The molecule has 0 unspecified atom stereocenters. The molecule has 0 aliphatic rings. The maximum atomic E-state index is 8.86. The Morgan fingerprint density at radius 1 is 1.18 bits per heavy atom. The van der Waals surface area contributed by atoms with Crippen LogP contribution in [0.5, 0.6) is 0 Å². The normalized spacial score (nSPS) is 10.0.